The number of aliphatic imine (C=N–C) groups is 1. The van der Waals surface area contributed by atoms with Crippen molar-refractivity contribution in [2.75, 3.05) is 13.7 Å². The van der Waals surface area contributed by atoms with Gasteiger partial charge >= 0.3 is 5.97 Å². The van der Waals surface area contributed by atoms with Gasteiger partial charge in [0.1, 0.15) is 0 Å². The molecule has 0 saturated carbocycles. The quantitative estimate of drug-likeness (QED) is 0.201. The predicted molar refractivity (Wildman–Crippen MR) is 43.4 cm³/mol. The number of carbonyl (C=O) groups excluding carboxylic acids is 2. The zero-order valence-electron chi connectivity index (χ0n) is 7.00. The topological polar surface area (TPSA) is 55.7 Å². The van der Waals surface area contributed by atoms with Crippen LogP contribution in [0.15, 0.2) is 17.1 Å². The van der Waals surface area contributed by atoms with Crippen LogP contribution in [-0.4, -0.2) is 25.7 Å². The highest BCUT2D eigenvalue weighted by Crippen LogP contribution is 2.03. The van der Waals surface area contributed by atoms with E-state index in [2.05, 4.69) is 16.3 Å². The first-order chi connectivity index (χ1) is 5.72. The molecular weight excluding hydrogens is 158 g/mol. The Hall–Kier alpha value is -1.41. The summed E-state index contributed by atoms with van der Waals surface area (Å²) in [5, 5.41) is 0. The lowest BCUT2D eigenvalue weighted by atomic mass is 10.2. The van der Waals surface area contributed by atoms with Crippen molar-refractivity contribution in [3.05, 3.63) is 12.2 Å². The molecule has 12 heavy (non-hydrogen) atoms. The maximum absolute atomic E-state index is 10.7. The highest BCUT2D eigenvalue weighted by molar-refractivity contribution is 5.87. The van der Waals surface area contributed by atoms with E-state index in [0.29, 0.717) is 25.0 Å². The lowest BCUT2D eigenvalue weighted by molar-refractivity contribution is -0.136. The molecule has 0 rings (SSSR count). The number of rotatable bonds is 5. The zero-order chi connectivity index (χ0) is 9.40. The summed E-state index contributed by atoms with van der Waals surface area (Å²) < 4.78 is 4.42. The van der Waals surface area contributed by atoms with Crippen molar-refractivity contribution in [2.24, 2.45) is 4.99 Å². The van der Waals surface area contributed by atoms with E-state index in [1.54, 1.807) is 0 Å². The molecule has 0 saturated heterocycles. The normalized spacial score (nSPS) is 8.42. The monoisotopic (exact) mass is 169 g/mol. The van der Waals surface area contributed by atoms with E-state index in [-0.39, 0.29) is 0 Å². The summed E-state index contributed by atoms with van der Waals surface area (Å²) in [5.41, 5.74) is 0.401. The van der Waals surface area contributed by atoms with Crippen molar-refractivity contribution >= 4 is 12.0 Å². The van der Waals surface area contributed by atoms with Crippen molar-refractivity contribution in [1.82, 2.24) is 0 Å². The molecule has 0 aliphatic rings. The minimum absolute atomic E-state index is 0.375. The molecule has 0 spiro atoms. The summed E-state index contributed by atoms with van der Waals surface area (Å²) in [6, 6.07) is 0. The van der Waals surface area contributed by atoms with E-state index in [1.807, 2.05) is 0 Å². The van der Waals surface area contributed by atoms with Crippen LogP contribution in [0, 0.1) is 0 Å². The molecule has 0 amide bonds. The largest absolute Gasteiger partial charge is 0.466 e. The molecule has 0 heterocycles. The van der Waals surface area contributed by atoms with E-state index in [0.717, 1.165) is 0 Å². The Bertz CT molecular complexity index is 216. The molecule has 0 atom stereocenters. The van der Waals surface area contributed by atoms with Gasteiger partial charge in [-0.1, -0.05) is 6.58 Å². The molecule has 0 aromatic heterocycles. The lowest BCUT2D eigenvalue weighted by Crippen LogP contribution is -2.03. The van der Waals surface area contributed by atoms with E-state index in [4.69, 9.17) is 0 Å². The van der Waals surface area contributed by atoms with E-state index in [9.17, 15) is 9.59 Å². The molecule has 4 heteroatoms. The van der Waals surface area contributed by atoms with Crippen molar-refractivity contribution in [2.45, 2.75) is 12.8 Å². The van der Waals surface area contributed by atoms with Gasteiger partial charge in [-0.25, -0.2) is 14.6 Å². The third-order valence-electron chi connectivity index (χ3n) is 1.29. The van der Waals surface area contributed by atoms with E-state index < -0.39 is 5.97 Å². The molecular formula is C8H11NO3. The number of methoxy groups -OCH3 is 1. The summed E-state index contributed by atoms with van der Waals surface area (Å²) in [6.45, 7) is 3.88. The van der Waals surface area contributed by atoms with Gasteiger partial charge in [-0.2, -0.15) is 0 Å². The molecule has 0 aliphatic heterocycles. The number of esters is 1. The molecule has 0 N–H and O–H groups in total. The van der Waals surface area contributed by atoms with Crippen LogP contribution in [0.25, 0.3) is 0 Å². The van der Waals surface area contributed by atoms with Gasteiger partial charge in [0.15, 0.2) is 0 Å². The van der Waals surface area contributed by atoms with Crippen molar-refractivity contribution in [1.29, 1.82) is 0 Å². The van der Waals surface area contributed by atoms with Crippen LogP contribution in [0.5, 0.6) is 0 Å². The number of carbonyl (C=O) groups is 1. The first kappa shape index (κ1) is 10.6. The summed E-state index contributed by atoms with van der Waals surface area (Å²) in [7, 11) is 1.30. The Morgan fingerprint density at radius 3 is 2.83 bits per heavy atom. The fraction of sp³-hybridized carbons (Fsp3) is 0.500. The van der Waals surface area contributed by atoms with Crippen molar-refractivity contribution in [3.8, 4) is 0 Å². The second-order valence-corrected chi connectivity index (χ2v) is 2.17. The van der Waals surface area contributed by atoms with Crippen LogP contribution in [-0.2, 0) is 14.3 Å². The number of ether oxygens (including phenoxy) is 1. The Morgan fingerprint density at radius 1 is 1.67 bits per heavy atom. The van der Waals surface area contributed by atoms with Crippen LogP contribution in [0.2, 0.25) is 0 Å². The van der Waals surface area contributed by atoms with Crippen molar-refractivity contribution < 1.29 is 14.3 Å². The Morgan fingerprint density at radius 2 is 2.33 bits per heavy atom. The lowest BCUT2D eigenvalue weighted by Gasteiger charge is -2.00. The van der Waals surface area contributed by atoms with Gasteiger partial charge in [0.05, 0.1) is 13.7 Å². The average Bonchev–Trinajstić information content (AvgIpc) is 2.10. The van der Waals surface area contributed by atoms with Gasteiger partial charge in [-0.15, -0.1) is 0 Å². The molecule has 0 aromatic rings. The SMILES string of the molecule is C=C(CCCN=C=O)C(=O)OC. The van der Waals surface area contributed by atoms with Gasteiger partial charge in [-0.3, -0.25) is 0 Å². The maximum Gasteiger partial charge on any atom is 0.333 e. The number of hydrogen-bond donors (Lipinski definition) is 0. The first-order valence-electron chi connectivity index (χ1n) is 3.52. The molecule has 0 aliphatic carbocycles. The summed E-state index contributed by atoms with van der Waals surface area (Å²) in [4.78, 5) is 23.7. The first-order valence-corrected chi connectivity index (χ1v) is 3.52. The third-order valence-corrected chi connectivity index (χ3v) is 1.29. The third kappa shape index (κ3) is 4.41. The smallest absolute Gasteiger partial charge is 0.333 e. The molecule has 0 radical (unpaired) electrons. The summed E-state index contributed by atoms with van der Waals surface area (Å²) in [6.07, 6.45) is 2.53. The summed E-state index contributed by atoms with van der Waals surface area (Å²) >= 11 is 0. The number of hydrogen-bond acceptors (Lipinski definition) is 4. The molecule has 66 valence electrons. The number of nitrogens with zero attached hydrogens (tertiary/aromatic N) is 1. The van der Waals surface area contributed by atoms with E-state index in [1.165, 1.54) is 13.2 Å². The highest BCUT2D eigenvalue weighted by Gasteiger charge is 2.04. The van der Waals surface area contributed by atoms with Gasteiger partial charge in [0, 0.05) is 5.57 Å². The fourth-order valence-corrected chi connectivity index (χ4v) is 0.664. The van der Waals surface area contributed by atoms with E-state index >= 15 is 0 Å². The fourth-order valence-electron chi connectivity index (χ4n) is 0.664. The maximum atomic E-state index is 10.7. The Balaban J connectivity index is 3.57. The molecule has 0 bridgehead atoms. The van der Waals surface area contributed by atoms with Gasteiger partial charge in [0.25, 0.3) is 0 Å². The Kier molecular flexibility index (Phi) is 5.57. The zero-order valence-corrected chi connectivity index (χ0v) is 7.00. The van der Waals surface area contributed by atoms with Crippen LogP contribution < -0.4 is 0 Å². The van der Waals surface area contributed by atoms with Crippen LogP contribution in [0.1, 0.15) is 12.8 Å². The highest BCUT2D eigenvalue weighted by atomic mass is 16.5. The van der Waals surface area contributed by atoms with Crippen LogP contribution >= 0.6 is 0 Å². The average molecular weight is 169 g/mol. The molecule has 0 fully saturated rings. The van der Waals surface area contributed by atoms with Crippen LogP contribution in [0.4, 0.5) is 0 Å². The second-order valence-electron chi connectivity index (χ2n) is 2.17. The van der Waals surface area contributed by atoms with Gasteiger partial charge in [-0.05, 0) is 12.8 Å². The van der Waals surface area contributed by atoms with Gasteiger partial charge < -0.3 is 4.74 Å². The number of isocyanates is 1. The minimum Gasteiger partial charge on any atom is -0.466 e. The molecule has 0 aromatic carbocycles. The standard InChI is InChI=1S/C8H11NO3/c1-7(8(11)12-2)4-3-5-9-6-10/h1,3-5H2,2H3. The Labute approximate surface area is 70.9 Å². The minimum atomic E-state index is -0.412. The second kappa shape index (κ2) is 6.31. The van der Waals surface area contributed by atoms with Gasteiger partial charge in [0.2, 0.25) is 6.08 Å². The molecule has 0 unspecified atom stereocenters. The summed E-state index contributed by atoms with van der Waals surface area (Å²) in [5.74, 6) is -0.412. The van der Waals surface area contributed by atoms with Crippen LogP contribution in [0.3, 0.4) is 0 Å². The van der Waals surface area contributed by atoms with Crippen molar-refractivity contribution in [3.63, 3.8) is 0 Å². The molecule has 4 nitrogen and oxygen atoms in total. The predicted octanol–water partition coefficient (Wildman–Crippen LogP) is 0.832.